The van der Waals surface area contributed by atoms with E-state index in [0.717, 1.165) is 9.87 Å². The third-order valence-electron chi connectivity index (χ3n) is 5.44. The Labute approximate surface area is 164 Å². The number of rotatable bonds is 5. The van der Waals surface area contributed by atoms with Crippen molar-refractivity contribution in [3.63, 3.8) is 0 Å². The third kappa shape index (κ3) is 2.64. The summed E-state index contributed by atoms with van der Waals surface area (Å²) in [6.07, 6.45) is 1.30. The van der Waals surface area contributed by atoms with Gasteiger partial charge < -0.3 is 4.74 Å². The molecule has 0 spiro atoms. The van der Waals surface area contributed by atoms with Crippen LogP contribution in [0.4, 0.5) is 5.69 Å². The lowest BCUT2D eigenvalue weighted by molar-refractivity contribution is -0.151. The highest BCUT2D eigenvalue weighted by Crippen LogP contribution is 2.48. The molecule has 0 amide bonds. The summed E-state index contributed by atoms with van der Waals surface area (Å²) in [5.41, 5.74) is -0.00215. The molecule has 1 fully saturated rings. The van der Waals surface area contributed by atoms with Crippen molar-refractivity contribution in [2.24, 2.45) is 5.92 Å². The Morgan fingerprint density at radius 2 is 1.71 bits per heavy atom. The van der Waals surface area contributed by atoms with Gasteiger partial charge in [0.05, 0.1) is 17.7 Å². The zero-order valence-corrected chi connectivity index (χ0v) is 16.5. The zero-order valence-electron chi connectivity index (χ0n) is 15.7. The van der Waals surface area contributed by atoms with Crippen molar-refractivity contribution in [1.82, 2.24) is 0 Å². The molecular weight excluding hydrogens is 378 g/mol. The number of Topliss-reactive ketones (excluding diaryl/α,β-unsaturated/α-hetero) is 1. The van der Waals surface area contributed by atoms with Crippen molar-refractivity contribution in [2.75, 3.05) is 11.4 Å². The minimum atomic E-state index is -4.17. The summed E-state index contributed by atoms with van der Waals surface area (Å²) >= 11 is 0. The molecule has 1 heterocycles. The molecule has 2 aromatic rings. The van der Waals surface area contributed by atoms with Gasteiger partial charge >= 0.3 is 5.97 Å². The van der Waals surface area contributed by atoms with Crippen molar-refractivity contribution >= 4 is 27.5 Å². The van der Waals surface area contributed by atoms with E-state index in [9.17, 15) is 18.0 Å². The Morgan fingerprint density at radius 1 is 1.07 bits per heavy atom. The Balaban J connectivity index is 1.97. The summed E-state index contributed by atoms with van der Waals surface area (Å²) in [6.45, 7) is 1.86. The minimum absolute atomic E-state index is 0.0176. The number of esters is 1. The van der Waals surface area contributed by atoms with Gasteiger partial charge in [0.1, 0.15) is 0 Å². The fraction of sp³-hybridized carbons (Fsp3) is 0.333. The molecule has 28 heavy (non-hydrogen) atoms. The molecule has 7 heteroatoms. The molecule has 1 aliphatic carbocycles. The first kappa shape index (κ1) is 18.7. The summed E-state index contributed by atoms with van der Waals surface area (Å²) in [4.78, 5) is 26.3. The lowest BCUT2D eigenvalue weighted by Gasteiger charge is -2.35. The SMILES string of the molecule is COC(=O)C1(C(=O)C2CC2)Cc2ccccc2N1S(=O)(=O)c1ccc(C)cc1. The Hall–Kier alpha value is -2.67. The lowest BCUT2D eigenvalue weighted by Crippen LogP contribution is -2.62. The summed E-state index contributed by atoms with van der Waals surface area (Å²) in [5, 5.41) is 0. The van der Waals surface area contributed by atoms with Gasteiger partial charge in [-0.3, -0.25) is 4.79 Å². The maximum atomic E-state index is 13.7. The third-order valence-corrected chi connectivity index (χ3v) is 7.30. The van der Waals surface area contributed by atoms with Crippen LogP contribution in [0.1, 0.15) is 24.0 Å². The van der Waals surface area contributed by atoms with Crippen LogP contribution in [0.15, 0.2) is 53.4 Å². The van der Waals surface area contributed by atoms with Crippen LogP contribution < -0.4 is 4.31 Å². The molecule has 2 aromatic carbocycles. The Morgan fingerprint density at radius 3 is 2.32 bits per heavy atom. The van der Waals surface area contributed by atoms with Gasteiger partial charge in [-0.2, -0.15) is 0 Å². The van der Waals surface area contributed by atoms with E-state index in [1.807, 2.05) is 6.92 Å². The summed E-state index contributed by atoms with van der Waals surface area (Å²) in [5.74, 6) is -1.54. The van der Waals surface area contributed by atoms with Crippen LogP contribution in [-0.4, -0.2) is 32.8 Å². The van der Waals surface area contributed by atoms with Gasteiger partial charge in [0.25, 0.3) is 10.0 Å². The molecule has 1 unspecified atom stereocenters. The van der Waals surface area contributed by atoms with Crippen LogP contribution in [0.5, 0.6) is 0 Å². The standard InChI is InChI=1S/C21H21NO5S/c1-14-7-11-17(12-8-14)28(25,26)22-18-6-4-3-5-16(18)13-21(22,20(24)27-2)19(23)15-9-10-15/h3-8,11-12,15H,9-10,13H2,1-2H3. The van der Waals surface area contributed by atoms with E-state index in [4.69, 9.17) is 4.74 Å². The number of sulfonamides is 1. The first-order chi connectivity index (χ1) is 13.3. The number of hydrogen-bond donors (Lipinski definition) is 0. The van der Waals surface area contributed by atoms with E-state index in [1.165, 1.54) is 19.2 Å². The smallest absolute Gasteiger partial charge is 0.340 e. The quantitative estimate of drug-likeness (QED) is 0.570. The summed E-state index contributed by atoms with van der Waals surface area (Å²) in [7, 11) is -2.99. The van der Waals surface area contributed by atoms with E-state index in [-0.39, 0.29) is 23.0 Å². The number of ether oxygens (including phenoxy) is 1. The Bertz CT molecular complexity index is 1060. The highest BCUT2D eigenvalue weighted by molar-refractivity contribution is 7.93. The van der Waals surface area contributed by atoms with E-state index < -0.39 is 21.5 Å². The molecule has 1 saturated carbocycles. The fourth-order valence-electron chi connectivity index (χ4n) is 3.86. The van der Waals surface area contributed by atoms with Crippen molar-refractivity contribution < 1.29 is 22.7 Å². The molecule has 0 saturated heterocycles. The second-order valence-electron chi connectivity index (χ2n) is 7.38. The number of fused-ring (bicyclic) bond motifs is 1. The predicted molar refractivity (Wildman–Crippen MR) is 103 cm³/mol. The molecule has 146 valence electrons. The second-order valence-corrected chi connectivity index (χ2v) is 9.17. The number of nitrogens with zero attached hydrogens (tertiary/aromatic N) is 1. The molecule has 6 nitrogen and oxygen atoms in total. The molecule has 0 N–H and O–H groups in total. The monoisotopic (exact) mass is 399 g/mol. The highest BCUT2D eigenvalue weighted by Gasteiger charge is 2.63. The van der Waals surface area contributed by atoms with Gasteiger partial charge in [-0.1, -0.05) is 35.9 Å². The van der Waals surface area contributed by atoms with E-state index >= 15 is 0 Å². The largest absolute Gasteiger partial charge is 0.467 e. The van der Waals surface area contributed by atoms with Crippen LogP contribution in [0, 0.1) is 12.8 Å². The minimum Gasteiger partial charge on any atom is -0.467 e. The number of hydrogen-bond acceptors (Lipinski definition) is 5. The maximum Gasteiger partial charge on any atom is 0.340 e. The van der Waals surface area contributed by atoms with Crippen LogP contribution in [0.3, 0.4) is 0 Å². The van der Waals surface area contributed by atoms with Gasteiger partial charge in [-0.05, 0) is 43.5 Å². The molecule has 4 rings (SSSR count). The van der Waals surface area contributed by atoms with Crippen LogP contribution >= 0.6 is 0 Å². The van der Waals surface area contributed by atoms with Crippen molar-refractivity contribution in [2.45, 2.75) is 36.6 Å². The number of carbonyl (C=O) groups excluding carboxylic acids is 2. The lowest BCUT2D eigenvalue weighted by atomic mass is 9.87. The summed E-state index contributed by atoms with van der Waals surface area (Å²) < 4.78 is 33.3. The van der Waals surface area contributed by atoms with Gasteiger partial charge in [-0.15, -0.1) is 0 Å². The number of methoxy groups -OCH3 is 1. The highest BCUT2D eigenvalue weighted by atomic mass is 32.2. The van der Waals surface area contributed by atoms with Crippen molar-refractivity contribution in [3.05, 3.63) is 59.7 Å². The van der Waals surface area contributed by atoms with Crippen LogP contribution in [-0.2, 0) is 30.8 Å². The number of ketones is 1. The normalized spacial score (nSPS) is 21.3. The molecule has 2 aliphatic rings. The van der Waals surface area contributed by atoms with Gasteiger partial charge in [0.15, 0.2) is 5.78 Å². The van der Waals surface area contributed by atoms with Gasteiger partial charge in [0.2, 0.25) is 5.54 Å². The van der Waals surface area contributed by atoms with E-state index in [0.29, 0.717) is 24.1 Å². The average Bonchev–Trinajstić information content (AvgIpc) is 3.47. The molecule has 0 bridgehead atoms. The molecule has 0 radical (unpaired) electrons. The van der Waals surface area contributed by atoms with Crippen LogP contribution in [0.25, 0.3) is 0 Å². The first-order valence-corrected chi connectivity index (χ1v) is 10.6. The second kappa shape index (κ2) is 6.44. The van der Waals surface area contributed by atoms with E-state index in [1.54, 1.807) is 36.4 Å². The number of para-hydroxylation sites is 1. The number of benzene rings is 2. The van der Waals surface area contributed by atoms with Gasteiger partial charge in [-0.25, -0.2) is 17.5 Å². The topological polar surface area (TPSA) is 80.8 Å². The molecule has 1 atom stereocenters. The number of anilines is 1. The average molecular weight is 399 g/mol. The molecule has 0 aromatic heterocycles. The zero-order chi connectivity index (χ0) is 20.1. The fourth-order valence-corrected chi connectivity index (χ4v) is 5.62. The predicted octanol–water partition coefficient (Wildman–Crippen LogP) is 2.64. The van der Waals surface area contributed by atoms with Crippen molar-refractivity contribution in [3.8, 4) is 0 Å². The summed E-state index contributed by atoms with van der Waals surface area (Å²) in [6, 6.07) is 13.2. The number of aryl methyl sites for hydroxylation is 1. The molecule has 1 aliphatic heterocycles. The van der Waals surface area contributed by atoms with Crippen LogP contribution in [0.2, 0.25) is 0 Å². The van der Waals surface area contributed by atoms with E-state index in [2.05, 4.69) is 0 Å². The number of carbonyl (C=O) groups is 2. The molecular formula is C21H21NO5S. The van der Waals surface area contributed by atoms with Gasteiger partial charge in [0, 0.05) is 12.3 Å². The first-order valence-electron chi connectivity index (χ1n) is 9.15. The Kier molecular flexibility index (Phi) is 4.30. The van der Waals surface area contributed by atoms with Crippen molar-refractivity contribution in [1.29, 1.82) is 0 Å². The maximum absolute atomic E-state index is 13.7.